The van der Waals surface area contributed by atoms with Crippen LogP contribution in [0.3, 0.4) is 0 Å². The summed E-state index contributed by atoms with van der Waals surface area (Å²) in [5.41, 5.74) is 3.67. The number of rotatable bonds is 6. The molecule has 0 atom stereocenters. The van der Waals surface area contributed by atoms with E-state index in [2.05, 4.69) is 35.2 Å². The Bertz CT molecular complexity index is 1390. The van der Waals surface area contributed by atoms with Gasteiger partial charge in [-0.2, -0.15) is 13.2 Å². The maximum atomic E-state index is 13.1. The fourth-order valence-corrected chi connectivity index (χ4v) is 5.04. The van der Waals surface area contributed by atoms with E-state index >= 15 is 0 Å². The molecule has 190 valence electrons. The lowest BCUT2D eigenvalue weighted by molar-refractivity contribution is -0.137. The number of amides is 1. The van der Waals surface area contributed by atoms with Gasteiger partial charge >= 0.3 is 6.18 Å². The van der Waals surface area contributed by atoms with Gasteiger partial charge in [0, 0.05) is 25.7 Å². The Kier molecular flexibility index (Phi) is 7.02. The average molecular weight is 503 g/mol. The molecule has 1 aliphatic heterocycles. The maximum Gasteiger partial charge on any atom is 0.416 e. The highest BCUT2D eigenvalue weighted by Crippen LogP contribution is 2.31. The highest BCUT2D eigenvalue weighted by Gasteiger charge is 2.30. The summed E-state index contributed by atoms with van der Waals surface area (Å²) >= 11 is 0. The summed E-state index contributed by atoms with van der Waals surface area (Å²) in [6.07, 6.45) is -1.81. The van der Waals surface area contributed by atoms with Crippen LogP contribution in [0.4, 0.5) is 13.2 Å². The number of alkyl halides is 3. The van der Waals surface area contributed by atoms with E-state index in [0.717, 1.165) is 48.3 Å². The van der Waals surface area contributed by atoms with Crippen molar-refractivity contribution in [2.24, 2.45) is 0 Å². The lowest BCUT2D eigenvalue weighted by Crippen LogP contribution is -2.26. The van der Waals surface area contributed by atoms with E-state index in [1.165, 1.54) is 35.9 Å². The first-order chi connectivity index (χ1) is 17.8. The molecule has 1 fully saturated rings. The van der Waals surface area contributed by atoms with Gasteiger partial charge in [-0.3, -0.25) is 9.69 Å². The molecule has 3 nitrogen and oxygen atoms in total. The van der Waals surface area contributed by atoms with Gasteiger partial charge in [0.15, 0.2) is 0 Å². The van der Waals surface area contributed by atoms with Crippen LogP contribution in [0.1, 0.15) is 39.9 Å². The van der Waals surface area contributed by atoms with Gasteiger partial charge in [-0.05, 0) is 89.3 Å². The van der Waals surface area contributed by atoms with Gasteiger partial charge in [0.25, 0.3) is 5.91 Å². The van der Waals surface area contributed by atoms with Crippen LogP contribution in [0.2, 0.25) is 0 Å². The second-order valence-electron chi connectivity index (χ2n) is 9.77. The highest BCUT2D eigenvalue weighted by molar-refractivity contribution is 5.95. The Morgan fingerprint density at radius 2 is 1.51 bits per heavy atom. The van der Waals surface area contributed by atoms with Crippen LogP contribution in [-0.2, 0) is 19.3 Å². The molecule has 1 heterocycles. The van der Waals surface area contributed by atoms with Crippen molar-refractivity contribution < 1.29 is 18.0 Å². The molecule has 37 heavy (non-hydrogen) atoms. The molecule has 4 aromatic carbocycles. The van der Waals surface area contributed by atoms with Gasteiger partial charge in [-0.25, -0.2) is 0 Å². The maximum absolute atomic E-state index is 13.1. The minimum atomic E-state index is -4.36. The van der Waals surface area contributed by atoms with Gasteiger partial charge in [-0.1, -0.05) is 54.6 Å². The fourth-order valence-electron chi connectivity index (χ4n) is 5.04. The molecule has 0 radical (unpaired) electrons. The van der Waals surface area contributed by atoms with Crippen LogP contribution in [0, 0.1) is 0 Å². The number of nitrogens with zero attached hydrogens (tertiary/aromatic N) is 2. The Labute approximate surface area is 215 Å². The molecule has 0 aromatic heterocycles. The molecule has 1 saturated heterocycles. The summed E-state index contributed by atoms with van der Waals surface area (Å²) in [6, 6.07) is 24.8. The number of hydrogen-bond donors (Lipinski definition) is 0. The van der Waals surface area contributed by atoms with Gasteiger partial charge in [0.1, 0.15) is 0 Å². The molecule has 0 bridgehead atoms. The van der Waals surface area contributed by atoms with Crippen molar-refractivity contribution in [2.75, 3.05) is 20.1 Å². The SMILES string of the molecule is CN(Cc1cccc2cc(CN3CCCC3)ccc12)C(=O)c1ccc(-c2ccc(C(F)(F)F)cc2)cc1. The minimum absolute atomic E-state index is 0.110. The number of carbonyl (C=O) groups excluding carboxylic acids is 1. The smallest absolute Gasteiger partial charge is 0.337 e. The second-order valence-corrected chi connectivity index (χ2v) is 9.77. The van der Waals surface area contributed by atoms with Crippen molar-refractivity contribution in [3.05, 3.63) is 107 Å². The Balaban J connectivity index is 1.28. The molecule has 5 rings (SSSR count). The lowest BCUT2D eigenvalue weighted by atomic mass is 10.0. The van der Waals surface area contributed by atoms with E-state index in [1.54, 1.807) is 36.2 Å². The monoisotopic (exact) mass is 502 g/mol. The third kappa shape index (κ3) is 5.70. The first-order valence-corrected chi connectivity index (χ1v) is 12.5. The van der Waals surface area contributed by atoms with Crippen molar-refractivity contribution in [3.8, 4) is 11.1 Å². The molecule has 0 spiro atoms. The third-order valence-corrected chi connectivity index (χ3v) is 7.07. The fraction of sp³-hybridized carbons (Fsp3) is 0.258. The van der Waals surface area contributed by atoms with Gasteiger partial charge in [-0.15, -0.1) is 0 Å². The molecule has 1 amide bonds. The zero-order valence-electron chi connectivity index (χ0n) is 20.8. The Morgan fingerprint density at radius 3 is 2.16 bits per heavy atom. The van der Waals surface area contributed by atoms with Crippen LogP contribution in [-0.4, -0.2) is 35.8 Å². The molecule has 1 aliphatic rings. The number of halogens is 3. The minimum Gasteiger partial charge on any atom is -0.337 e. The molecule has 0 aliphatic carbocycles. The Morgan fingerprint density at radius 1 is 0.865 bits per heavy atom. The molecule has 0 saturated carbocycles. The number of likely N-dealkylation sites (tertiary alicyclic amines) is 1. The van der Waals surface area contributed by atoms with Gasteiger partial charge in [0.2, 0.25) is 0 Å². The molecule has 0 unspecified atom stereocenters. The highest BCUT2D eigenvalue weighted by atomic mass is 19.4. The summed E-state index contributed by atoms with van der Waals surface area (Å²) in [4.78, 5) is 17.3. The third-order valence-electron chi connectivity index (χ3n) is 7.07. The molecule has 4 aromatic rings. The molecule has 6 heteroatoms. The number of benzene rings is 4. The van der Waals surface area contributed by atoms with E-state index in [0.29, 0.717) is 17.7 Å². The summed E-state index contributed by atoms with van der Waals surface area (Å²) in [6.45, 7) is 3.77. The zero-order valence-corrected chi connectivity index (χ0v) is 20.8. The summed E-state index contributed by atoms with van der Waals surface area (Å²) in [7, 11) is 1.78. The van der Waals surface area contributed by atoms with E-state index in [4.69, 9.17) is 0 Å². The average Bonchev–Trinajstić information content (AvgIpc) is 3.41. The van der Waals surface area contributed by atoms with E-state index < -0.39 is 11.7 Å². The van der Waals surface area contributed by atoms with Gasteiger partial charge < -0.3 is 4.90 Å². The first-order valence-electron chi connectivity index (χ1n) is 12.5. The molecular weight excluding hydrogens is 473 g/mol. The molecular formula is C31H29F3N2O. The van der Waals surface area contributed by atoms with Crippen LogP contribution in [0.15, 0.2) is 84.9 Å². The van der Waals surface area contributed by atoms with E-state index in [-0.39, 0.29) is 5.91 Å². The van der Waals surface area contributed by atoms with Crippen molar-refractivity contribution in [2.45, 2.75) is 32.1 Å². The lowest BCUT2D eigenvalue weighted by Gasteiger charge is -2.19. The van der Waals surface area contributed by atoms with Gasteiger partial charge in [0.05, 0.1) is 5.56 Å². The number of hydrogen-bond acceptors (Lipinski definition) is 2. The summed E-state index contributed by atoms with van der Waals surface area (Å²) < 4.78 is 38.5. The van der Waals surface area contributed by atoms with Crippen LogP contribution in [0.5, 0.6) is 0 Å². The number of carbonyl (C=O) groups is 1. The zero-order chi connectivity index (χ0) is 26.0. The standard InChI is InChI=1S/C31H29F3N2O/c1-35(21-27-6-4-5-26-19-22(7-16-29(26)27)20-36-17-2-3-18-36)30(37)25-10-8-23(9-11-25)24-12-14-28(15-13-24)31(32,33)34/h4-16,19H,2-3,17-18,20-21H2,1H3. The van der Waals surface area contributed by atoms with E-state index in [1.807, 2.05) is 6.07 Å². The predicted molar refractivity (Wildman–Crippen MR) is 141 cm³/mol. The normalized spacial score (nSPS) is 14.3. The van der Waals surface area contributed by atoms with Crippen molar-refractivity contribution in [1.82, 2.24) is 9.80 Å². The van der Waals surface area contributed by atoms with Crippen LogP contribution < -0.4 is 0 Å². The predicted octanol–water partition coefficient (Wildman–Crippen LogP) is 7.39. The van der Waals surface area contributed by atoms with E-state index in [9.17, 15) is 18.0 Å². The summed E-state index contributed by atoms with van der Waals surface area (Å²) in [5, 5.41) is 2.32. The number of fused-ring (bicyclic) bond motifs is 1. The topological polar surface area (TPSA) is 23.6 Å². The first kappa shape index (κ1) is 25.0. The van der Waals surface area contributed by atoms with Crippen molar-refractivity contribution in [3.63, 3.8) is 0 Å². The quantitative estimate of drug-likeness (QED) is 0.274. The van der Waals surface area contributed by atoms with Crippen molar-refractivity contribution >= 4 is 16.7 Å². The molecule has 0 N–H and O–H groups in total. The van der Waals surface area contributed by atoms with Crippen LogP contribution >= 0.6 is 0 Å². The summed E-state index contributed by atoms with van der Waals surface area (Å²) in [5.74, 6) is -0.110. The Hall–Kier alpha value is -3.64. The second kappa shape index (κ2) is 10.4. The largest absolute Gasteiger partial charge is 0.416 e. The van der Waals surface area contributed by atoms with Crippen LogP contribution in [0.25, 0.3) is 21.9 Å². The van der Waals surface area contributed by atoms with Crippen molar-refractivity contribution in [1.29, 1.82) is 0 Å².